The summed E-state index contributed by atoms with van der Waals surface area (Å²) in [6.45, 7) is 10.8. The van der Waals surface area contributed by atoms with E-state index in [-0.39, 0.29) is 0 Å². The van der Waals surface area contributed by atoms with Gasteiger partial charge in [0.25, 0.3) is 0 Å². The highest BCUT2D eigenvalue weighted by molar-refractivity contribution is 5.79. The summed E-state index contributed by atoms with van der Waals surface area (Å²) >= 11 is 0. The molecule has 0 aliphatic carbocycles. The number of rotatable bonds is 10. The third-order valence-electron chi connectivity index (χ3n) is 5.26. The van der Waals surface area contributed by atoms with Gasteiger partial charge in [-0.1, -0.05) is 18.6 Å². The number of aromatic nitrogens is 3. The third kappa shape index (κ3) is 6.95. The van der Waals surface area contributed by atoms with E-state index in [1.807, 2.05) is 6.92 Å². The lowest BCUT2D eigenvalue weighted by molar-refractivity contribution is 0.110. The summed E-state index contributed by atoms with van der Waals surface area (Å²) in [5.74, 6) is 3.69. The van der Waals surface area contributed by atoms with Crippen molar-refractivity contribution in [3.8, 4) is 5.75 Å². The van der Waals surface area contributed by atoms with Gasteiger partial charge < -0.3 is 24.7 Å². The summed E-state index contributed by atoms with van der Waals surface area (Å²) in [5.41, 5.74) is 2.22. The van der Waals surface area contributed by atoms with E-state index in [2.05, 4.69) is 57.4 Å². The Kier molecular flexibility index (Phi) is 9.15. The van der Waals surface area contributed by atoms with Gasteiger partial charge in [0.1, 0.15) is 18.2 Å². The monoisotopic (exact) mass is 428 g/mol. The van der Waals surface area contributed by atoms with Crippen molar-refractivity contribution in [3.63, 3.8) is 0 Å². The Morgan fingerprint density at radius 3 is 2.87 bits per heavy atom. The molecule has 0 unspecified atom stereocenters. The zero-order chi connectivity index (χ0) is 21.9. The molecule has 0 atom stereocenters. The molecule has 0 spiro atoms. The van der Waals surface area contributed by atoms with Gasteiger partial charge in [0, 0.05) is 31.7 Å². The van der Waals surface area contributed by atoms with Crippen LogP contribution in [0.15, 0.2) is 23.2 Å². The van der Waals surface area contributed by atoms with Crippen LogP contribution in [0.5, 0.6) is 5.75 Å². The SMILES string of the molecule is CCNC(=NCc1ccc(C)cc1OCCOCC)NCc1nnc2n1CCCCC2. The van der Waals surface area contributed by atoms with Crippen molar-refractivity contribution in [1.82, 2.24) is 25.4 Å². The quantitative estimate of drug-likeness (QED) is 0.344. The van der Waals surface area contributed by atoms with Gasteiger partial charge in [-0.3, -0.25) is 0 Å². The molecule has 0 amide bonds. The van der Waals surface area contributed by atoms with Gasteiger partial charge in [-0.25, -0.2) is 4.99 Å². The fourth-order valence-corrected chi connectivity index (χ4v) is 3.63. The predicted molar refractivity (Wildman–Crippen MR) is 122 cm³/mol. The molecule has 170 valence electrons. The molecule has 31 heavy (non-hydrogen) atoms. The molecule has 2 N–H and O–H groups in total. The number of hydrogen-bond donors (Lipinski definition) is 2. The second kappa shape index (κ2) is 12.3. The zero-order valence-electron chi connectivity index (χ0n) is 19.1. The maximum atomic E-state index is 5.95. The number of aryl methyl sites for hydroxylation is 2. The molecule has 3 rings (SSSR count). The van der Waals surface area contributed by atoms with Crippen LogP contribution < -0.4 is 15.4 Å². The Morgan fingerprint density at radius 1 is 1.13 bits per heavy atom. The van der Waals surface area contributed by atoms with Crippen LogP contribution in [0.2, 0.25) is 0 Å². The minimum atomic E-state index is 0.525. The smallest absolute Gasteiger partial charge is 0.191 e. The number of nitrogens with one attached hydrogen (secondary N) is 2. The number of guanidine groups is 1. The molecule has 2 aromatic rings. The number of fused-ring (bicyclic) bond motifs is 1. The number of hydrogen-bond acceptors (Lipinski definition) is 5. The minimum Gasteiger partial charge on any atom is -0.491 e. The van der Waals surface area contributed by atoms with Crippen LogP contribution in [-0.4, -0.2) is 47.1 Å². The van der Waals surface area contributed by atoms with Gasteiger partial charge in [0.15, 0.2) is 11.8 Å². The first kappa shape index (κ1) is 23.1. The number of benzene rings is 1. The van der Waals surface area contributed by atoms with Crippen molar-refractivity contribution in [2.45, 2.75) is 66.1 Å². The van der Waals surface area contributed by atoms with Crippen molar-refractivity contribution in [2.24, 2.45) is 4.99 Å². The normalized spacial score (nSPS) is 14.1. The standard InChI is InChI=1S/C23H36N6O2/c1-4-24-23(26-17-22-28-27-21-9-7-6-8-12-29(21)22)25-16-19-11-10-18(3)15-20(19)31-14-13-30-5-2/h10-11,15H,4-9,12-14,16-17H2,1-3H3,(H2,24,25,26). The largest absolute Gasteiger partial charge is 0.491 e. The van der Waals surface area contributed by atoms with Crippen molar-refractivity contribution < 1.29 is 9.47 Å². The number of ether oxygens (including phenoxy) is 2. The van der Waals surface area contributed by atoms with Crippen molar-refractivity contribution in [3.05, 3.63) is 41.0 Å². The third-order valence-corrected chi connectivity index (χ3v) is 5.26. The van der Waals surface area contributed by atoms with E-state index in [1.54, 1.807) is 0 Å². The van der Waals surface area contributed by atoms with Crippen LogP contribution in [0.4, 0.5) is 0 Å². The van der Waals surface area contributed by atoms with Crippen molar-refractivity contribution in [1.29, 1.82) is 0 Å². The minimum absolute atomic E-state index is 0.525. The molecule has 1 aromatic carbocycles. The molecule has 0 bridgehead atoms. The molecule has 0 radical (unpaired) electrons. The summed E-state index contributed by atoms with van der Waals surface area (Å²) in [7, 11) is 0. The molecular weight excluding hydrogens is 392 g/mol. The Hall–Kier alpha value is -2.61. The second-order valence-corrected chi connectivity index (χ2v) is 7.70. The molecular formula is C23H36N6O2. The van der Waals surface area contributed by atoms with E-state index in [1.165, 1.54) is 19.3 Å². The molecule has 1 aromatic heterocycles. The number of aliphatic imine (C=N–C) groups is 1. The summed E-state index contributed by atoms with van der Waals surface area (Å²) in [4.78, 5) is 4.77. The van der Waals surface area contributed by atoms with E-state index in [9.17, 15) is 0 Å². The first-order valence-electron chi connectivity index (χ1n) is 11.4. The van der Waals surface area contributed by atoms with Crippen molar-refractivity contribution >= 4 is 5.96 Å². The van der Waals surface area contributed by atoms with Crippen LogP contribution in [-0.2, 0) is 30.8 Å². The number of nitrogens with zero attached hydrogens (tertiary/aromatic N) is 4. The van der Waals surface area contributed by atoms with Crippen LogP contribution in [0, 0.1) is 6.92 Å². The van der Waals surface area contributed by atoms with E-state index in [0.717, 1.165) is 54.0 Å². The zero-order valence-corrected chi connectivity index (χ0v) is 19.1. The Morgan fingerprint density at radius 2 is 2.03 bits per heavy atom. The van der Waals surface area contributed by atoms with E-state index >= 15 is 0 Å². The second-order valence-electron chi connectivity index (χ2n) is 7.70. The predicted octanol–water partition coefficient (Wildman–Crippen LogP) is 2.98. The summed E-state index contributed by atoms with van der Waals surface area (Å²) < 4.78 is 13.6. The summed E-state index contributed by atoms with van der Waals surface area (Å²) in [5, 5.41) is 15.5. The highest BCUT2D eigenvalue weighted by Gasteiger charge is 2.14. The van der Waals surface area contributed by atoms with E-state index < -0.39 is 0 Å². The Bertz CT molecular complexity index is 849. The van der Waals surface area contributed by atoms with Crippen molar-refractivity contribution in [2.75, 3.05) is 26.4 Å². The van der Waals surface area contributed by atoms with Gasteiger partial charge >= 0.3 is 0 Å². The highest BCUT2D eigenvalue weighted by Crippen LogP contribution is 2.21. The Labute approximate surface area is 185 Å². The van der Waals surface area contributed by atoms with Gasteiger partial charge in [-0.05, 0) is 45.2 Å². The molecule has 8 heteroatoms. The fraction of sp³-hybridized carbons (Fsp3) is 0.609. The molecule has 1 aliphatic rings. The topological polar surface area (TPSA) is 85.6 Å². The van der Waals surface area contributed by atoms with E-state index in [0.29, 0.717) is 32.9 Å². The lowest BCUT2D eigenvalue weighted by atomic mass is 10.1. The van der Waals surface area contributed by atoms with E-state index in [4.69, 9.17) is 14.5 Å². The average Bonchev–Trinajstić information content (AvgIpc) is 3.00. The Balaban J connectivity index is 1.64. The maximum Gasteiger partial charge on any atom is 0.191 e. The van der Waals surface area contributed by atoms with Gasteiger partial charge in [0.2, 0.25) is 0 Å². The molecule has 1 aliphatic heterocycles. The molecule has 0 saturated heterocycles. The summed E-state index contributed by atoms with van der Waals surface area (Å²) in [6, 6.07) is 6.23. The molecule has 0 saturated carbocycles. The first-order valence-corrected chi connectivity index (χ1v) is 11.4. The van der Waals surface area contributed by atoms with Crippen LogP contribution in [0.1, 0.15) is 55.9 Å². The van der Waals surface area contributed by atoms with Gasteiger partial charge in [0.05, 0.1) is 19.7 Å². The summed E-state index contributed by atoms with van der Waals surface area (Å²) in [6.07, 6.45) is 4.65. The highest BCUT2D eigenvalue weighted by atomic mass is 16.5. The van der Waals surface area contributed by atoms with Gasteiger partial charge in [-0.2, -0.15) is 0 Å². The molecule has 2 heterocycles. The average molecular weight is 429 g/mol. The first-order chi connectivity index (χ1) is 15.2. The lowest BCUT2D eigenvalue weighted by Gasteiger charge is -2.14. The van der Waals surface area contributed by atoms with Gasteiger partial charge in [-0.15, -0.1) is 10.2 Å². The molecule has 0 fully saturated rings. The lowest BCUT2D eigenvalue weighted by Crippen LogP contribution is -2.37. The fourth-order valence-electron chi connectivity index (χ4n) is 3.63. The molecule has 8 nitrogen and oxygen atoms in total. The van der Waals surface area contributed by atoms with Crippen LogP contribution >= 0.6 is 0 Å². The maximum absolute atomic E-state index is 5.95. The van der Waals surface area contributed by atoms with Crippen LogP contribution in [0.3, 0.4) is 0 Å². The van der Waals surface area contributed by atoms with Crippen LogP contribution in [0.25, 0.3) is 0 Å².